The lowest BCUT2D eigenvalue weighted by Crippen LogP contribution is -2.19. The van der Waals surface area contributed by atoms with Gasteiger partial charge in [0.2, 0.25) is 0 Å². The van der Waals surface area contributed by atoms with Gasteiger partial charge in [-0.3, -0.25) is 10.1 Å². The van der Waals surface area contributed by atoms with E-state index >= 15 is 0 Å². The minimum absolute atomic E-state index is 0.153. The molecule has 11 heteroatoms. The van der Waals surface area contributed by atoms with E-state index in [1.165, 1.54) is 12.1 Å². The fourth-order valence-corrected chi connectivity index (χ4v) is 3.94. The summed E-state index contributed by atoms with van der Waals surface area (Å²) < 4.78 is 30.8. The highest BCUT2D eigenvalue weighted by Gasteiger charge is 2.32. The van der Waals surface area contributed by atoms with Crippen molar-refractivity contribution in [2.24, 2.45) is 0 Å². The number of benzene rings is 1. The molecule has 0 aliphatic carbocycles. The first-order valence-electron chi connectivity index (χ1n) is 5.85. The topological polar surface area (TPSA) is 109 Å². The summed E-state index contributed by atoms with van der Waals surface area (Å²) in [4.78, 5) is 21.4. The Hall–Kier alpha value is -1.91. The Morgan fingerprint density at radius 1 is 1.39 bits per heavy atom. The van der Waals surface area contributed by atoms with Crippen LogP contribution < -0.4 is 0 Å². The lowest BCUT2D eigenvalue weighted by molar-refractivity contribution is -0.387. The van der Waals surface area contributed by atoms with Crippen LogP contribution in [0.15, 0.2) is 39.8 Å². The van der Waals surface area contributed by atoms with Crippen molar-refractivity contribution in [1.82, 2.24) is 3.97 Å². The normalized spacial score (nSPS) is 11.3. The predicted molar refractivity (Wildman–Crippen MR) is 84.2 cm³/mol. The molecule has 0 unspecified atom stereocenters. The number of hydrogen-bond acceptors (Lipinski definition) is 6. The molecule has 8 nitrogen and oxygen atoms in total. The average molecular weight is 424 g/mol. The van der Waals surface area contributed by atoms with Crippen molar-refractivity contribution < 1.29 is 22.9 Å². The number of rotatable bonds is 4. The van der Waals surface area contributed by atoms with E-state index in [0.717, 1.165) is 25.4 Å². The summed E-state index contributed by atoms with van der Waals surface area (Å²) in [5, 5.41) is 11.0. The lowest BCUT2D eigenvalue weighted by atomic mass is 10.3. The van der Waals surface area contributed by atoms with Crippen molar-refractivity contribution >= 4 is 49.2 Å². The van der Waals surface area contributed by atoms with Crippen LogP contribution in [-0.2, 0) is 14.8 Å². The highest BCUT2D eigenvalue weighted by molar-refractivity contribution is 9.10. The van der Waals surface area contributed by atoms with E-state index in [-0.39, 0.29) is 5.02 Å². The van der Waals surface area contributed by atoms with Crippen LogP contribution in [0.4, 0.5) is 5.69 Å². The molecule has 0 saturated heterocycles. The number of halogens is 2. The van der Waals surface area contributed by atoms with Gasteiger partial charge in [0.1, 0.15) is 0 Å². The van der Waals surface area contributed by atoms with Gasteiger partial charge in [0.15, 0.2) is 10.6 Å². The summed E-state index contributed by atoms with van der Waals surface area (Å²) in [5.41, 5.74) is -1.08. The summed E-state index contributed by atoms with van der Waals surface area (Å²) in [6.45, 7) is 0. The number of nitro benzene ring substituents is 1. The Morgan fingerprint density at radius 3 is 2.61 bits per heavy atom. The molecule has 0 fully saturated rings. The summed E-state index contributed by atoms with van der Waals surface area (Å²) in [5.74, 6) is -0.983. The molecule has 1 heterocycles. The number of hydrogen-bond donors (Lipinski definition) is 0. The molecule has 2 rings (SSSR count). The summed E-state index contributed by atoms with van der Waals surface area (Å²) in [7, 11) is -3.37. The van der Waals surface area contributed by atoms with Gasteiger partial charge in [0.05, 0.1) is 17.1 Å². The molecule has 0 saturated carbocycles. The molecule has 1 aromatic heterocycles. The molecule has 23 heavy (non-hydrogen) atoms. The molecule has 0 aliphatic heterocycles. The molecule has 0 aliphatic rings. The van der Waals surface area contributed by atoms with Crippen molar-refractivity contribution in [3.05, 3.63) is 55.8 Å². The van der Waals surface area contributed by atoms with Crippen LogP contribution in [0.3, 0.4) is 0 Å². The third-order valence-electron chi connectivity index (χ3n) is 2.84. The first-order chi connectivity index (χ1) is 10.7. The molecule has 0 radical (unpaired) electrons. The van der Waals surface area contributed by atoms with E-state index in [1.807, 2.05) is 0 Å². The number of nitro groups is 1. The van der Waals surface area contributed by atoms with E-state index in [1.54, 1.807) is 0 Å². The molecule has 0 bridgehead atoms. The zero-order valence-electron chi connectivity index (χ0n) is 11.4. The van der Waals surface area contributed by atoms with Crippen LogP contribution in [0.1, 0.15) is 10.5 Å². The third kappa shape index (κ3) is 3.09. The standard InChI is InChI=1S/C12H8BrClN2O6S/c1-22-12(17)11-8(14)4-5-15(11)23(20,21)10-3-2-7(13)6-9(10)16(18)19/h2-6H,1H3. The van der Waals surface area contributed by atoms with Crippen molar-refractivity contribution in [2.75, 3.05) is 7.11 Å². The van der Waals surface area contributed by atoms with Crippen LogP contribution in [0, 0.1) is 10.1 Å². The van der Waals surface area contributed by atoms with Crippen LogP contribution >= 0.6 is 27.5 Å². The zero-order chi connectivity index (χ0) is 17.4. The van der Waals surface area contributed by atoms with Gasteiger partial charge in [0, 0.05) is 16.7 Å². The Balaban J connectivity index is 2.75. The van der Waals surface area contributed by atoms with Crippen LogP contribution in [0.2, 0.25) is 5.02 Å². The average Bonchev–Trinajstić information content (AvgIpc) is 2.88. The second-order valence-electron chi connectivity index (χ2n) is 4.17. The zero-order valence-corrected chi connectivity index (χ0v) is 14.6. The first kappa shape index (κ1) is 17.4. The van der Waals surface area contributed by atoms with Gasteiger partial charge in [-0.05, 0) is 18.2 Å². The van der Waals surface area contributed by atoms with Gasteiger partial charge in [0.25, 0.3) is 15.7 Å². The Labute approximate surface area is 143 Å². The van der Waals surface area contributed by atoms with E-state index in [9.17, 15) is 23.3 Å². The van der Waals surface area contributed by atoms with Gasteiger partial charge in [-0.1, -0.05) is 27.5 Å². The lowest BCUT2D eigenvalue weighted by Gasteiger charge is -2.10. The number of carbonyl (C=O) groups excluding carboxylic acids is 1. The molecule has 0 N–H and O–H groups in total. The maximum absolute atomic E-state index is 12.7. The minimum atomic E-state index is -4.43. The highest BCUT2D eigenvalue weighted by atomic mass is 79.9. The number of nitrogens with zero attached hydrogens (tertiary/aromatic N) is 2. The maximum Gasteiger partial charge on any atom is 0.357 e. The van der Waals surface area contributed by atoms with Gasteiger partial charge in [-0.2, -0.15) is 0 Å². The molecule has 0 atom stereocenters. The van der Waals surface area contributed by atoms with Crippen LogP contribution in [0.5, 0.6) is 0 Å². The molecular formula is C12H8BrClN2O6S. The first-order valence-corrected chi connectivity index (χ1v) is 8.46. The molecule has 122 valence electrons. The van der Waals surface area contributed by atoms with E-state index < -0.39 is 37.2 Å². The van der Waals surface area contributed by atoms with Gasteiger partial charge in [-0.25, -0.2) is 17.2 Å². The fourth-order valence-electron chi connectivity index (χ4n) is 1.83. The Morgan fingerprint density at radius 2 is 2.04 bits per heavy atom. The molecule has 0 amide bonds. The highest BCUT2D eigenvalue weighted by Crippen LogP contribution is 2.31. The fraction of sp³-hybridized carbons (Fsp3) is 0.0833. The quantitative estimate of drug-likeness (QED) is 0.425. The third-order valence-corrected chi connectivity index (χ3v) is 5.36. The molecule has 0 spiro atoms. The smallest absolute Gasteiger partial charge is 0.357 e. The summed E-state index contributed by atoms with van der Waals surface area (Å²) in [6.07, 6.45) is 1.02. The Kier molecular flexibility index (Phi) is 4.78. The minimum Gasteiger partial charge on any atom is -0.464 e. The molecular weight excluding hydrogens is 416 g/mol. The van der Waals surface area contributed by atoms with Crippen molar-refractivity contribution in [3.63, 3.8) is 0 Å². The van der Waals surface area contributed by atoms with Gasteiger partial charge < -0.3 is 4.74 Å². The molecule has 2 aromatic rings. The number of methoxy groups -OCH3 is 1. The maximum atomic E-state index is 12.7. The largest absolute Gasteiger partial charge is 0.464 e. The monoisotopic (exact) mass is 422 g/mol. The van der Waals surface area contributed by atoms with E-state index in [2.05, 4.69) is 20.7 Å². The van der Waals surface area contributed by atoms with Crippen LogP contribution in [-0.4, -0.2) is 30.4 Å². The SMILES string of the molecule is COC(=O)c1c(Cl)ccn1S(=O)(=O)c1ccc(Br)cc1[N+](=O)[O-]. The second-order valence-corrected chi connectivity index (χ2v) is 7.28. The number of carbonyl (C=O) groups is 1. The Bertz CT molecular complexity index is 908. The second kappa shape index (κ2) is 6.30. The van der Waals surface area contributed by atoms with Crippen molar-refractivity contribution in [1.29, 1.82) is 0 Å². The van der Waals surface area contributed by atoms with Crippen molar-refractivity contribution in [2.45, 2.75) is 4.90 Å². The van der Waals surface area contributed by atoms with E-state index in [0.29, 0.717) is 8.45 Å². The van der Waals surface area contributed by atoms with E-state index in [4.69, 9.17) is 11.6 Å². The number of esters is 1. The van der Waals surface area contributed by atoms with Crippen molar-refractivity contribution in [3.8, 4) is 0 Å². The summed E-state index contributed by atoms with van der Waals surface area (Å²) in [6, 6.07) is 4.63. The van der Waals surface area contributed by atoms with Gasteiger partial charge in [-0.15, -0.1) is 0 Å². The van der Waals surface area contributed by atoms with Gasteiger partial charge >= 0.3 is 5.97 Å². The summed E-state index contributed by atoms with van der Waals surface area (Å²) >= 11 is 8.85. The number of ether oxygens (including phenoxy) is 1. The predicted octanol–water partition coefficient (Wildman–Crippen LogP) is 2.84. The molecule has 1 aromatic carbocycles. The number of aromatic nitrogens is 1. The van der Waals surface area contributed by atoms with Crippen LogP contribution in [0.25, 0.3) is 0 Å².